The molecule has 6 aromatic carbocycles. The van der Waals surface area contributed by atoms with Gasteiger partial charge in [-0.05, 0) is 77.1 Å². The van der Waals surface area contributed by atoms with Crippen molar-refractivity contribution < 1.29 is 4.74 Å². The summed E-state index contributed by atoms with van der Waals surface area (Å²) >= 11 is 0. The first-order valence-corrected chi connectivity index (χ1v) is 22.7. The van der Waals surface area contributed by atoms with E-state index in [4.69, 9.17) is 24.7 Å². The fourth-order valence-corrected chi connectivity index (χ4v) is 9.66. The van der Waals surface area contributed by atoms with Crippen molar-refractivity contribution in [2.24, 2.45) is 11.3 Å². The van der Waals surface area contributed by atoms with Gasteiger partial charge in [-0.1, -0.05) is 196 Å². The highest BCUT2D eigenvalue weighted by atomic mass is 16.5. The van der Waals surface area contributed by atoms with Crippen molar-refractivity contribution >= 4 is 11.1 Å². The van der Waals surface area contributed by atoms with Crippen LogP contribution in [0.5, 0.6) is 0 Å². The van der Waals surface area contributed by atoms with Gasteiger partial charge < -0.3 is 4.74 Å². The summed E-state index contributed by atoms with van der Waals surface area (Å²) in [5, 5.41) is 0. The highest BCUT2D eigenvalue weighted by molar-refractivity contribution is 5.81. The smallest absolute Gasteiger partial charge is 0.160 e. The highest BCUT2D eigenvalue weighted by Crippen LogP contribution is 2.52. The Kier molecular flexibility index (Phi) is 10.5. The van der Waals surface area contributed by atoms with Gasteiger partial charge in [0.05, 0.1) is 22.8 Å². The number of ether oxygens (including phenoxy) is 1. The first-order chi connectivity index (χ1) is 31.9. The fraction of sp³-hybridized carbons (Fsp3) is 0.133. The molecular weight excluding hydrogens is 793 g/mol. The van der Waals surface area contributed by atoms with E-state index < -0.39 is 0 Å². The number of fused-ring (bicyclic) bond motifs is 3. The van der Waals surface area contributed by atoms with Crippen molar-refractivity contribution in [3.05, 3.63) is 229 Å². The summed E-state index contributed by atoms with van der Waals surface area (Å²) in [5.41, 5.74) is 15.5. The zero-order valence-corrected chi connectivity index (χ0v) is 36.6. The minimum Gasteiger partial charge on any atom is -0.485 e. The van der Waals surface area contributed by atoms with Crippen molar-refractivity contribution in [1.82, 2.24) is 19.9 Å². The van der Waals surface area contributed by atoms with Gasteiger partial charge in [-0.15, -0.1) is 0 Å². The number of allylic oxidation sites excluding steroid dienone is 6. The molecule has 8 aromatic rings. The second-order valence-corrected chi connectivity index (χ2v) is 17.7. The summed E-state index contributed by atoms with van der Waals surface area (Å²) in [5.74, 6) is 2.70. The quantitative estimate of drug-likeness (QED) is 0.153. The lowest BCUT2D eigenvalue weighted by atomic mass is 9.68. The maximum absolute atomic E-state index is 7.49. The van der Waals surface area contributed by atoms with Crippen LogP contribution in [0.25, 0.3) is 79.0 Å². The molecule has 2 aromatic heterocycles. The molecule has 2 unspecified atom stereocenters. The molecule has 2 bridgehead atoms. The van der Waals surface area contributed by atoms with Crippen LogP contribution in [0.15, 0.2) is 218 Å². The van der Waals surface area contributed by atoms with Crippen LogP contribution in [0.3, 0.4) is 0 Å². The molecule has 0 amide bonds. The molecule has 3 aliphatic rings. The van der Waals surface area contributed by atoms with Gasteiger partial charge in [-0.25, -0.2) is 19.9 Å². The van der Waals surface area contributed by atoms with Gasteiger partial charge >= 0.3 is 0 Å². The summed E-state index contributed by atoms with van der Waals surface area (Å²) < 4.78 is 7.49. The lowest BCUT2D eigenvalue weighted by Gasteiger charge is -2.35. The lowest BCUT2D eigenvalue weighted by Crippen LogP contribution is -2.26. The van der Waals surface area contributed by atoms with E-state index in [0.29, 0.717) is 11.6 Å². The average Bonchev–Trinajstić information content (AvgIpc) is 3.66. The van der Waals surface area contributed by atoms with E-state index in [1.807, 2.05) is 48.5 Å². The number of benzene rings is 6. The van der Waals surface area contributed by atoms with Gasteiger partial charge in [-0.3, -0.25) is 0 Å². The number of hydrogen-bond donors (Lipinski definition) is 0. The third-order valence-electron chi connectivity index (χ3n) is 13.2. The van der Waals surface area contributed by atoms with Crippen LogP contribution < -0.4 is 0 Å². The number of rotatable bonds is 8. The molecule has 0 N–H and O–H groups in total. The second kappa shape index (κ2) is 17.1. The van der Waals surface area contributed by atoms with Crippen molar-refractivity contribution in [3.63, 3.8) is 0 Å². The minimum absolute atomic E-state index is 0.153. The van der Waals surface area contributed by atoms with Crippen LogP contribution in [0, 0.1) is 11.3 Å². The SMILES string of the molecule is CC1(C)C2=CCCC(c3cccc(-c4cc(-c5ccccc5)nc(-c5ccccc5)n4)c3)=C2OC2CC1C=CC=C2c1cccc(-c2cc(-c3ccccc3)nc(-c3ccccc3)n2)c1. The van der Waals surface area contributed by atoms with Crippen molar-refractivity contribution in [1.29, 1.82) is 0 Å². The maximum Gasteiger partial charge on any atom is 0.160 e. The Labute approximate surface area is 381 Å². The molecule has 1 aliphatic heterocycles. The fourth-order valence-electron chi connectivity index (χ4n) is 9.66. The Hall–Kier alpha value is -7.76. The van der Waals surface area contributed by atoms with E-state index in [2.05, 4.69) is 172 Å². The first kappa shape index (κ1) is 40.0. The number of aromatic nitrogens is 4. The molecule has 5 heteroatoms. The van der Waals surface area contributed by atoms with Gasteiger partial charge in [0.2, 0.25) is 0 Å². The predicted molar refractivity (Wildman–Crippen MR) is 265 cm³/mol. The Balaban J connectivity index is 0.981. The molecule has 65 heavy (non-hydrogen) atoms. The van der Waals surface area contributed by atoms with Crippen LogP contribution in [0.1, 0.15) is 44.2 Å². The van der Waals surface area contributed by atoms with E-state index in [9.17, 15) is 0 Å². The molecule has 0 spiro atoms. The molecule has 1 saturated heterocycles. The Morgan fingerprint density at radius 1 is 0.477 bits per heavy atom. The number of hydrogen-bond acceptors (Lipinski definition) is 5. The van der Waals surface area contributed by atoms with Crippen LogP contribution in [-0.2, 0) is 4.74 Å². The molecule has 3 heterocycles. The highest BCUT2D eigenvalue weighted by Gasteiger charge is 2.43. The van der Waals surface area contributed by atoms with Crippen molar-refractivity contribution in [2.45, 2.75) is 39.2 Å². The lowest BCUT2D eigenvalue weighted by molar-refractivity contribution is 0.161. The summed E-state index contributed by atoms with van der Waals surface area (Å²) in [4.78, 5) is 20.4. The average molecular weight is 841 g/mol. The van der Waals surface area contributed by atoms with Gasteiger partial charge in [0, 0.05) is 39.0 Å². The number of nitrogens with zero attached hydrogens (tertiary/aromatic N) is 4. The molecule has 11 rings (SSSR count). The third kappa shape index (κ3) is 7.95. The van der Waals surface area contributed by atoms with Crippen LogP contribution in [0.2, 0.25) is 0 Å². The topological polar surface area (TPSA) is 60.8 Å². The maximum atomic E-state index is 7.49. The molecule has 2 atom stereocenters. The molecule has 2 aliphatic carbocycles. The molecule has 314 valence electrons. The zero-order valence-electron chi connectivity index (χ0n) is 36.6. The van der Waals surface area contributed by atoms with E-state index in [1.54, 1.807) is 0 Å². The van der Waals surface area contributed by atoms with Gasteiger partial charge in [-0.2, -0.15) is 0 Å². The van der Waals surface area contributed by atoms with Crippen LogP contribution >= 0.6 is 0 Å². The third-order valence-corrected chi connectivity index (χ3v) is 13.2. The first-order valence-electron chi connectivity index (χ1n) is 22.7. The normalized spacial score (nSPS) is 17.5. The summed E-state index contributed by atoms with van der Waals surface area (Å²) in [6.45, 7) is 4.79. The summed E-state index contributed by atoms with van der Waals surface area (Å²) in [6, 6.07) is 63.1. The van der Waals surface area contributed by atoms with Crippen LogP contribution in [0.4, 0.5) is 0 Å². The van der Waals surface area contributed by atoms with Crippen LogP contribution in [-0.4, -0.2) is 26.0 Å². The van der Waals surface area contributed by atoms with E-state index >= 15 is 0 Å². The Bertz CT molecular complexity index is 3050. The zero-order chi connectivity index (χ0) is 43.7. The minimum atomic E-state index is -0.171. The van der Waals surface area contributed by atoms with E-state index in [1.165, 1.54) is 11.1 Å². The molecule has 0 radical (unpaired) electrons. The van der Waals surface area contributed by atoms with Gasteiger partial charge in [0.1, 0.15) is 11.9 Å². The summed E-state index contributed by atoms with van der Waals surface area (Å²) in [7, 11) is 0. The van der Waals surface area contributed by atoms with Gasteiger partial charge in [0.25, 0.3) is 0 Å². The molecule has 5 nitrogen and oxygen atoms in total. The monoisotopic (exact) mass is 840 g/mol. The molecule has 1 fully saturated rings. The summed E-state index contributed by atoms with van der Waals surface area (Å²) in [6.07, 6.45) is 11.9. The van der Waals surface area contributed by atoms with Crippen molar-refractivity contribution in [3.8, 4) is 67.8 Å². The van der Waals surface area contributed by atoms with E-state index in [0.717, 1.165) is 97.9 Å². The standard InChI is InChI=1S/C60H48N4O/c1-60(2)48-31-17-32-49(44-27-15-29-46(35-44)54-38-52(40-19-7-3-8-20-40)61-58(63-54)42-23-11-5-12-24-42)56(37-48)65-57-50(33-18-34-51(57)60)45-28-16-30-47(36-45)55-39-53(41-21-9-4-10-22-41)62-59(64-55)43-25-13-6-14-26-43/h3-17,19-32,34-36,38-39,48,56H,18,33,37H2,1-2H3. The van der Waals surface area contributed by atoms with Crippen molar-refractivity contribution in [2.75, 3.05) is 0 Å². The molecule has 0 saturated carbocycles. The Morgan fingerprint density at radius 3 is 1.46 bits per heavy atom. The van der Waals surface area contributed by atoms with Gasteiger partial charge in [0.15, 0.2) is 11.6 Å². The molecular formula is C60H48N4O. The second-order valence-electron chi connectivity index (χ2n) is 17.7. The largest absolute Gasteiger partial charge is 0.485 e. The Morgan fingerprint density at radius 2 is 0.923 bits per heavy atom. The van der Waals surface area contributed by atoms with E-state index in [-0.39, 0.29) is 17.4 Å². The predicted octanol–water partition coefficient (Wildman–Crippen LogP) is 14.8.